The smallest absolute Gasteiger partial charge is 0.133 e. The van der Waals surface area contributed by atoms with Crippen molar-refractivity contribution in [3.8, 4) is 39.1 Å². The molecule has 0 unspecified atom stereocenters. The summed E-state index contributed by atoms with van der Waals surface area (Å²) in [4.78, 5) is 0. The Morgan fingerprint density at radius 3 is 1.58 bits per heavy atom. The van der Waals surface area contributed by atoms with Gasteiger partial charge in [0.25, 0.3) is 0 Å². The first-order valence-corrected chi connectivity index (χ1v) is 11.3. The van der Waals surface area contributed by atoms with Crippen molar-refractivity contribution in [2.45, 2.75) is 26.2 Å². The van der Waals surface area contributed by atoms with E-state index in [4.69, 9.17) is 4.74 Å². The number of halogens is 1. The van der Waals surface area contributed by atoms with Crippen LogP contribution in [0.4, 0.5) is 0 Å². The van der Waals surface area contributed by atoms with Gasteiger partial charge in [-0.1, -0.05) is 87.5 Å². The SMILES string of the molecule is COc1ccc(-c2c(-c3ccccc3)cc(C(C)(C)C)cc2-c2ccccc2)cc1Br. The zero-order valence-electron chi connectivity index (χ0n) is 18.4. The maximum atomic E-state index is 5.48. The lowest BCUT2D eigenvalue weighted by Gasteiger charge is -2.25. The molecule has 0 N–H and O–H groups in total. The molecular weight excluding hydrogens is 444 g/mol. The first-order chi connectivity index (χ1) is 14.9. The summed E-state index contributed by atoms with van der Waals surface area (Å²) in [6.07, 6.45) is 0. The summed E-state index contributed by atoms with van der Waals surface area (Å²) in [5.74, 6) is 0.831. The number of hydrogen-bond donors (Lipinski definition) is 0. The van der Waals surface area contributed by atoms with Gasteiger partial charge in [-0.05, 0) is 84.6 Å². The van der Waals surface area contributed by atoms with E-state index in [1.807, 2.05) is 6.07 Å². The van der Waals surface area contributed by atoms with Crippen LogP contribution in [-0.2, 0) is 5.41 Å². The summed E-state index contributed by atoms with van der Waals surface area (Å²) in [5, 5.41) is 0. The predicted molar refractivity (Wildman–Crippen MR) is 136 cm³/mol. The molecule has 31 heavy (non-hydrogen) atoms. The maximum absolute atomic E-state index is 5.48. The second-order valence-corrected chi connectivity index (χ2v) is 9.63. The molecule has 4 aromatic carbocycles. The van der Waals surface area contributed by atoms with Gasteiger partial charge < -0.3 is 4.74 Å². The highest BCUT2D eigenvalue weighted by molar-refractivity contribution is 9.10. The zero-order valence-corrected chi connectivity index (χ0v) is 20.0. The van der Waals surface area contributed by atoms with Crippen LogP contribution in [0, 0.1) is 0 Å². The van der Waals surface area contributed by atoms with Gasteiger partial charge in [0.2, 0.25) is 0 Å². The Hall–Kier alpha value is -2.84. The molecule has 0 aliphatic carbocycles. The Bertz CT molecular complexity index is 1130. The summed E-state index contributed by atoms with van der Waals surface area (Å²) in [7, 11) is 1.70. The van der Waals surface area contributed by atoms with Crippen LogP contribution in [0.2, 0.25) is 0 Å². The van der Waals surface area contributed by atoms with E-state index in [9.17, 15) is 0 Å². The van der Waals surface area contributed by atoms with E-state index in [1.165, 1.54) is 33.4 Å². The van der Waals surface area contributed by atoms with Gasteiger partial charge in [-0.15, -0.1) is 0 Å². The topological polar surface area (TPSA) is 9.23 Å². The van der Waals surface area contributed by atoms with Crippen molar-refractivity contribution in [3.05, 3.63) is 101 Å². The average Bonchev–Trinajstić information content (AvgIpc) is 2.78. The maximum Gasteiger partial charge on any atom is 0.133 e. The molecular formula is C29H27BrO. The average molecular weight is 471 g/mol. The Balaban J connectivity index is 2.11. The molecule has 0 atom stereocenters. The number of rotatable bonds is 4. The predicted octanol–water partition coefficient (Wildman–Crippen LogP) is 8.76. The van der Waals surface area contributed by atoms with Crippen LogP contribution >= 0.6 is 15.9 Å². The largest absolute Gasteiger partial charge is 0.496 e. The molecule has 0 aliphatic rings. The highest BCUT2D eigenvalue weighted by Gasteiger charge is 2.22. The molecule has 0 heterocycles. The molecule has 0 spiro atoms. The van der Waals surface area contributed by atoms with Crippen molar-refractivity contribution in [1.29, 1.82) is 0 Å². The molecule has 2 heteroatoms. The fraction of sp³-hybridized carbons (Fsp3) is 0.172. The Kier molecular flexibility index (Phi) is 6.02. The Morgan fingerprint density at radius 2 is 1.16 bits per heavy atom. The highest BCUT2D eigenvalue weighted by atomic mass is 79.9. The number of methoxy groups -OCH3 is 1. The summed E-state index contributed by atoms with van der Waals surface area (Å²) in [5.41, 5.74) is 8.65. The normalized spacial score (nSPS) is 11.4. The van der Waals surface area contributed by atoms with E-state index in [1.54, 1.807) is 7.11 Å². The standard InChI is InChI=1S/C29H27BrO/c1-29(2,3)23-18-24(20-11-7-5-8-12-20)28(22-15-16-27(31-4)26(30)17-22)25(19-23)21-13-9-6-10-14-21/h5-19H,1-4H3. The summed E-state index contributed by atoms with van der Waals surface area (Å²) in [6.45, 7) is 6.82. The first-order valence-electron chi connectivity index (χ1n) is 10.5. The van der Waals surface area contributed by atoms with Gasteiger partial charge >= 0.3 is 0 Å². The second kappa shape index (κ2) is 8.72. The van der Waals surface area contributed by atoms with E-state index in [0.717, 1.165) is 15.8 Å². The fourth-order valence-electron chi connectivity index (χ4n) is 3.90. The van der Waals surface area contributed by atoms with Crippen LogP contribution in [0.5, 0.6) is 5.75 Å². The van der Waals surface area contributed by atoms with Crippen molar-refractivity contribution in [3.63, 3.8) is 0 Å². The van der Waals surface area contributed by atoms with Gasteiger partial charge in [0.05, 0.1) is 11.6 Å². The lowest BCUT2D eigenvalue weighted by Crippen LogP contribution is -2.12. The van der Waals surface area contributed by atoms with Crippen molar-refractivity contribution < 1.29 is 4.74 Å². The van der Waals surface area contributed by atoms with E-state index in [0.29, 0.717) is 0 Å². The van der Waals surface area contributed by atoms with E-state index < -0.39 is 0 Å². The summed E-state index contributed by atoms with van der Waals surface area (Å²) >= 11 is 3.69. The van der Waals surface area contributed by atoms with Gasteiger partial charge in [0, 0.05) is 0 Å². The second-order valence-electron chi connectivity index (χ2n) is 8.78. The van der Waals surface area contributed by atoms with Gasteiger partial charge in [-0.2, -0.15) is 0 Å². The Morgan fingerprint density at radius 1 is 0.645 bits per heavy atom. The summed E-state index contributed by atoms with van der Waals surface area (Å²) < 4.78 is 6.43. The van der Waals surface area contributed by atoms with E-state index >= 15 is 0 Å². The lowest BCUT2D eigenvalue weighted by molar-refractivity contribution is 0.412. The third-order valence-electron chi connectivity index (χ3n) is 5.61. The lowest BCUT2D eigenvalue weighted by atomic mass is 9.79. The first kappa shape index (κ1) is 21.4. The molecule has 0 aliphatic heterocycles. The van der Waals surface area contributed by atoms with Crippen molar-refractivity contribution in [2.75, 3.05) is 7.11 Å². The molecule has 1 nitrogen and oxygen atoms in total. The zero-order chi connectivity index (χ0) is 22.0. The third kappa shape index (κ3) is 4.45. The number of ether oxygens (including phenoxy) is 1. The van der Waals surface area contributed by atoms with Crippen LogP contribution in [0.25, 0.3) is 33.4 Å². The van der Waals surface area contributed by atoms with Crippen LogP contribution in [-0.4, -0.2) is 7.11 Å². The van der Waals surface area contributed by atoms with Gasteiger partial charge in [-0.3, -0.25) is 0 Å². The summed E-state index contributed by atoms with van der Waals surface area (Å²) in [6, 6.07) is 32.4. The molecule has 0 bridgehead atoms. The van der Waals surface area contributed by atoms with E-state index in [2.05, 4.69) is 122 Å². The monoisotopic (exact) mass is 470 g/mol. The number of benzene rings is 4. The van der Waals surface area contributed by atoms with Crippen molar-refractivity contribution in [2.24, 2.45) is 0 Å². The molecule has 0 saturated heterocycles. The van der Waals surface area contributed by atoms with Gasteiger partial charge in [0.1, 0.15) is 5.75 Å². The minimum Gasteiger partial charge on any atom is -0.496 e. The molecule has 4 rings (SSSR count). The molecule has 4 aromatic rings. The molecule has 0 aromatic heterocycles. The van der Waals surface area contributed by atoms with Crippen molar-refractivity contribution >= 4 is 15.9 Å². The minimum atomic E-state index is 0.0338. The quantitative estimate of drug-likeness (QED) is 0.289. The molecule has 0 amide bonds. The van der Waals surface area contributed by atoms with Crippen LogP contribution in [0.3, 0.4) is 0 Å². The third-order valence-corrected chi connectivity index (χ3v) is 6.23. The van der Waals surface area contributed by atoms with Gasteiger partial charge in [-0.25, -0.2) is 0 Å². The number of hydrogen-bond acceptors (Lipinski definition) is 1. The molecule has 0 radical (unpaired) electrons. The Labute approximate surface area is 193 Å². The molecule has 0 saturated carbocycles. The van der Waals surface area contributed by atoms with Crippen LogP contribution in [0.1, 0.15) is 26.3 Å². The molecule has 156 valence electrons. The minimum absolute atomic E-state index is 0.0338. The van der Waals surface area contributed by atoms with Gasteiger partial charge in [0.15, 0.2) is 0 Å². The van der Waals surface area contributed by atoms with E-state index in [-0.39, 0.29) is 5.41 Å². The van der Waals surface area contributed by atoms with Crippen molar-refractivity contribution in [1.82, 2.24) is 0 Å². The fourth-order valence-corrected chi connectivity index (χ4v) is 4.44. The van der Waals surface area contributed by atoms with Crippen LogP contribution in [0.15, 0.2) is 95.5 Å². The van der Waals surface area contributed by atoms with Crippen LogP contribution < -0.4 is 4.74 Å². The molecule has 0 fully saturated rings. The highest BCUT2D eigenvalue weighted by Crippen LogP contribution is 2.44.